The summed E-state index contributed by atoms with van der Waals surface area (Å²) in [7, 11) is 1.68. The number of nitrogens with one attached hydrogen (secondary N) is 2. The maximum absolute atomic E-state index is 10.7. The van der Waals surface area contributed by atoms with Gasteiger partial charge in [-0.15, -0.1) is 0 Å². The first-order valence-corrected chi connectivity index (χ1v) is 2.64. The molecule has 0 saturated carbocycles. The number of quaternary nitrogens is 1. The van der Waals surface area contributed by atoms with E-state index in [0.717, 1.165) is 0 Å². The molecule has 1 saturated heterocycles. The first kappa shape index (κ1) is 6.03. The summed E-state index contributed by atoms with van der Waals surface area (Å²) >= 11 is 0. The van der Waals surface area contributed by atoms with Gasteiger partial charge in [0.1, 0.15) is 0 Å². The Labute approximate surface area is 52.5 Å². The highest BCUT2D eigenvalue weighted by atomic mass is 16.2. The molecule has 1 rings (SSSR count). The summed E-state index contributed by atoms with van der Waals surface area (Å²) in [6.45, 7) is 0.532. The molecule has 0 aromatic heterocycles. The van der Waals surface area contributed by atoms with Crippen molar-refractivity contribution in [1.82, 2.24) is 10.2 Å². The number of rotatable bonds is 0. The van der Waals surface area contributed by atoms with Gasteiger partial charge in [0.25, 0.3) is 0 Å². The molecule has 2 amide bonds. The third kappa shape index (κ3) is 1.17. The Balaban J connectivity index is 2.54. The van der Waals surface area contributed by atoms with Crippen molar-refractivity contribution < 1.29 is 10.1 Å². The van der Waals surface area contributed by atoms with E-state index in [9.17, 15) is 4.79 Å². The van der Waals surface area contributed by atoms with Gasteiger partial charge >= 0.3 is 12.0 Å². The van der Waals surface area contributed by atoms with Gasteiger partial charge in [-0.2, -0.15) is 0 Å². The number of guanidine groups is 1. The van der Waals surface area contributed by atoms with E-state index < -0.39 is 0 Å². The molecule has 0 bridgehead atoms. The Morgan fingerprint density at radius 2 is 2.56 bits per heavy atom. The van der Waals surface area contributed by atoms with Crippen LogP contribution in [0.3, 0.4) is 0 Å². The monoisotopic (exact) mass is 129 g/mol. The Kier molecular flexibility index (Phi) is 1.35. The number of nitrogens with zero attached hydrogens (tertiary/aromatic N) is 1. The minimum atomic E-state index is -0.206. The average Bonchev–Trinajstić information content (AvgIpc) is 1.80. The van der Waals surface area contributed by atoms with Gasteiger partial charge in [0.2, 0.25) is 0 Å². The van der Waals surface area contributed by atoms with Crippen LogP contribution in [0.5, 0.6) is 0 Å². The van der Waals surface area contributed by atoms with E-state index in [0.29, 0.717) is 6.67 Å². The molecule has 0 spiro atoms. The van der Waals surface area contributed by atoms with E-state index in [4.69, 9.17) is 5.41 Å². The zero-order chi connectivity index (χ0) is 6.85. The smallest absolute Gasteiger partial charge is 0.280 e. The second-order valence-corrected chi connectivity index (χ2v) is 1.93. The molecule has 5 nitrogen and oxygen atoms in total. The first-order valence-electron chi connectivity index (χ1n) is 2.64. The van der Waals surface area contributed by atoms with Crippen LogP contribution in [-0.2, 0) is 0 Å². The molecule has 9 heavy (non-hydrogen) atoms. The minimum Gasteiger partial charge on any atom is -0.280 e. The lowest BCUT2D eigenvalue weighted by Crippen LogP contribution is -2.97. The Morgan fingerprint density at radius 3 is 3.00 bits per heavy atom. The molecule has 5 heteroatoms. The number of carbonyl (C=O) groups excluding carboxylic acids is 1. The topological polar surface area (TPSA) is 72.8 Å². The molecule has 0 atom stereocenters. The van der Waals surface area contributed by atoms with Crippen molar-refractivity contribution in [3.8, 4) is 0 Å². The number of hydrogen-bond acceptors (Lipinski definition) is 2. The van der Waals surface area contributed by atoms with E-state index in [1.807, 2.05) is 0 Å². The molecular weight excluding hydrogens is 120 g/mol. The van der Waals surface area contributed by atoms with Gasteiger partial charge < -0.3 is 0 Å². The van der Waals surface area contributed by atoms with E-state index in [2.05, 4.69) is 5.32 Å². The summed E-state index contributed by atoms with van der Waals surface area (Å²) < 4.78 is 0. The second-order valence-electron chi connectivity index (χ2n) is 1.93. The zero-order valence-electron chi connectivity index (χ0n) is 5.14. The molecule has 1 fully saturated rings. The van der Waals surface area contributed by atoms with Gasteiger partial charge in [-0.05, 0) is 0 Å². The number of urea groups is 1. The average molecular weight is 129 g/mol. The Hall–Kier alpha value is -1.10. The van der Waals surface area contributed by atoms with Crippen LogP contribution in [0.4, 0.5) is 4.79 Å². The largest absolute Gasteiger partial charge is 0.331 e. The fourth-order valence-electron chi connectivity index (χ4n) is 0.573. The SMILES string of the molecule is CN1C[NH2+]C(=N)NC1=O. The third-order valence-corrected chi connectivity index (χ3v) is 1.16. The van der Waals surface area contributed by atoms with Crippen molar-refractivity contribution in [3.63, 3.8) is 0 Å². The van der Waals surface area contributed by atoms with Gasteiger partial charge in [-0.1, -0.05) is 0 Å². The summed E-state index contributed by atoms with van der Waals surface area (Å²) in [5, 5.41) is 11.0. The maximum Gasteiger partial charge on any atom is 0.331 e. The maximum atomic E-state index is 10.7. The molecule has 50 valence electrons. The van der Waals surface area contributed by atoms with Crippen LogP contribution in [0, 0.1) is 5.41 Å². The predicted molar refractivity (Wildman–Crippen MR) is 30.8 cm³/mol. The van der Waals surface area contributed by atoms with E-state index in [1.54, 1.807) is 12.4 Å². The predicted octanol–water partition coefficient (Wildman–Crippen LogP) is -1.90. The van der Waals surface area contributed by atoms with Crippen molar-refractivity contribution in [3.05, 3.63) is 0 Å². The van der Waals surface area contributed by atoms with E-state index in [-0.39, 0.29) is 12.0 Å². The standard InChI is InChI=1S/C4H8N4O/c1-8-2-6-3(5)7-4(8)9/h2H2,1H3,(H3,5,6,7,9)/p+1. The summed E-state index contributed by atoms with van der Waals surface area (Å²) in [4.78, 5) is 12.2. The van der Waals surface area contributed by atoms with Gasteiger partial charge in [-0.25, -0.2) is 15.5 Å². The molecular formula is C4H9N4O+. The van der Waals surface area contributed by atoms with Crippen molar-refractivity contribution in [2.24, 2.45) is 0 Å². The molecule has 1 aliphatic rings. The molecule has 1 heterocycles. The van der Waals surface area contributed by atoms with Crippen molar-refractivity contribution in [1.29, 1.82) is 5.41 Å². The number of amides is 2. The number of carbonyl (C=O) groups is 1. The van der Waals surface area contributed by atoms with Crippen LogP contribution < -0.4 is 10.6 Å². The first-order chi connectivity index (χ1) is 4.20. The summed E-state index contributed by atoms with van der Waals surface area (Å²) in [6, 6.07) is -0.206. The van der Waals surface area contributed by atoms with Crippen LogP contribution in [0.1, 0.15) is 0 Å². The number of nitrogens with two attached hydrogens (primary N) is 1. The van der Waals surface area contributed by atoms with Crippen LogP contribution in [0.25, 0.3) is 0 Å². The van der Waals surface area contributed by atoms with Crippen LogP contribution in [-0.4, -0.2) is 30.6 Å². The molecule has 0 radical (unpaired) electrons. The highest BCUT2D eigenvalue weighted by Gasteiger charge is 2.19. The summed E-state index contributed by atoms with van der Waals surface area (Å²) in [5.41, 5.74) is 0. The Bertz CT molecular complexity index is 155. The minimum absolute atomic E-state index is 0.193. The van der Waals surface area contributed by atoms with Gasteiger partial charge in [0.15, 0.2) is 6.67 Å². The molecule has 0 aliphatic carbocycles. The molecule has 4 N–H and O–H groups in total. The van der Waals surface area contributed by atoms with Crippen molar-refractivity contribution >= 4 is 12.0 Å². The molecule has 0 unspecified atom stereocenters. The summed E-state index contributed by atoms with van der Waals surface area (Å²) in [6.07, 6.45) is 0. The quantitative estimate of drug-likeness (QED) is 0.351. The Morgan fingerprint density at radius 1 is 1.89 bits per heavy atom. The lowest BCUT2D eigenvalue weighted by atomic mass is 10.6. The zero-order valence-corrected chi connectivity index (χ0v) is 5.14. The fourth-order valence-corrected chi connectivity index (χ4v) is 0.573. The normalized spacial score (nSPS) is 19.9. The highest BCUT2D eigenvalue weighted by Crippen LogP contribution is 1.79. The van der Waals surface area contributed by atoms with E-state index in [1.165, 1.54) is 4.90 Å². The van der Waals surface area contributed by atoms with Crippen LogP contribution in [0.2, 0.25) is 0 Å². The highest BCUT2D eigenvalue weighted by molar-refractivity contribution is 5.91. The fraction of sp³-hybridized carbons (Fsp3) is 0.500. The summed E-state index contributed by atoms with van der Waals surface area (Å²) in [5.74, 6) is 0.193. The van der Waals surface area contributed by atoms with Gasteiger partial charge in [0.05, 0.1) is 0 Å². The van der Waals surface area contributed by atoms with Crippen LogP contribution in [0.15, 0.2) is 0 Å². The lowest BCUT2D eigenvalue weighted by molar-refractivity contribution is -0.565. The molecule has 0 aromatic rings. The van der Waals surface area contributed by atoms with E-state index >= 15 is 0 Å². The second kappa shape index (κ2) is 2.02. The third-order valence-electron chi connectivity index (χ3n) is 1.16. The van der Waals surface area contributed by atoms with Crippen LogP contribution >= 0.6 is 0 Å². The van der Waals surface area contributed by atoms with Gasteiger partial charge in [0, 0.05) is 7.05 Å². The number of hydrogen-bond donors (Lipinski definition) is 3. The molecule has 1 aliphatic heterocycles. The van der Waals surface area contributed by atoms with Crippen molar-refractivity contribution in [2.45, 2.75) is 0 Å². The molecule has 0 aromatic carbocycles. The lowest BCUT2D eigenvalue weighted by Gasteiger charge is -2.20. The van der Waals surface area contributed by atoms with Gasteiger partial charge in [-0.3, -0.25) is 10.2 Å². The van der Waals surface area contributed by atoms with Crippen molar-refractivity contribution in [2.75, 3.05) is 13.7 Å².